The minimum absolute atomic E-state index is 0.0916. The lowest BCUT2D eigenvalue weighted by molar-refractivity contribution is -0.125. The Morgan fingerprint density at radius 3 is 1.96 bits per heavy atom. The zero-order valence-corrected chi connectivity index (χ0v) is 28.6. The fourth-order valence-electron chi connectivity index (χ4n) is 6.67. The maximum absolute atomic E-state index is 6.29. The van der Waals surface area contributed by atoms with Gasteiger partial charge in [0.25, 0.3) is 0 Å². The molecule has 0 spiro atoms. The van der Waals surface area contributed by atoms with Gasteiger partial charge in [-0.15, -0.1) is 0 Å². The van der Waals surface area contributed by atoms with Crippen LogP contribution in [0.1, 0.15) is 96.3 Å². The molecule has 1 atom stereocenters. The first-order chi connectivity index (χ1) is 21.6. The van der Waals surface area contributed by atoms with Crippen molar-refractivity contribution >= 4 is 11.1 Å². The molecule has 0 saturated carbocycles. The van der Waals surface area contributed by atoms with Crippen molar-refractivity contribution in [2.75, 3.05) is 27.4 Å². The zero-order chi connectivity index (χ0) is 32.3. The van der Waals surface area contributed by atoms with Gasteiger partial charge in [0, 0.05) is 27.1 Å². The first-order valence-electron chi connectivity index (χ1n) is 16.6. The number of hydrogen-bond acceptors (Lipinski definition) is 5. The summed E-state index contributed by atoms with van der Waals surface area (Å²) in [7, 11) is 3.41. The van der Waals surface area contributed by atoms with Crippen LogP contribution in [0.15, 0.2) is 78.9 Å². The minimum Gasteiger partial charge on any atom is -0.494 e. The Morgan fingerprint density at radius 1 is 0.778 bits per heavy atom. The first-order valence-corrected chi connectivity index (χ1v) is 16.6. The highest BCUT2D eigenvalue weighted by Gasteiger charge is 2.31. The van der Waals surface area contributed by atoms with Gasteiger partial charge >= 0.3 is 0 Å². The van der Waals surface area contributed by atoms with E-state index in [1.165, 1.54) is 22.3 Å². The van der Waals surface area contributed by atoms with Crippen molar-refractivity contribution in [2.24, 2.45) is 10.8 Å². The second kappa shape index (κ2) is 16.4. The van der Waals surface area contributed by atoms with Crippen molar-refractivity contribution in [3.8, 4) is 11.5 Å². The van der Waals surface area contributed by atoms with Crippen LogP contribution >= 0.6 is 0 Å². The second-order valence-electron chi connectivity index (χ2n) is 13.7. The molecule has 3 aromatic carbocycles. The van der Waals surface area contributed by atoms with Crippen LogP contribution in [0.5, 0.6) is 11.5 Å². The molecule has 4 rings (SSSR count). The highest BCUT2D eigenvalue weighted by Crippen LogP contribution is 2.40. The predicted octanol–water partition coefficient (Wildman–Crippen LogP) is 10.2. The van der Waals surface area contributed by atoms with Crippen LogP contribution in [-0.4, -0.2) is 40.0 Å². The van der Waals surface area contributed by atoms with Gasteiger partial charge in [0.2, 0.25) is 0 Å². The molecule has 0 aliphatic carbocycles. The lowest BCUT2D eigenvalue weighted by atomic mass is 9.72. The molecule has 1 unspecified atom stereocenters. The van der Waals surface area contributed by atoms with E-state index in [9.17, 15) is 0 Å². The number of ether oxygens (including phenoxy) is 5. The standard InChI is InChI=1S/C40H54O5/c1-8-35(30-14-10-9-11-15-30)38(32-19-23-34(24-20-32)45-36-16-12-13-26-44-36)31-17-21-33(22-18-31)43-27-25-39(2,3)29-40(4,5)28-37(41-6)42-7/h9-11,14-15,17-24,36-37H,8,12-13,16,25-29H2,1-7H3/b38-35+. The molecule has 0 radical (unpaired) electrons. The molecule has 0 N–H and O–H groups in total. The number of methoxy groups -OCH3 is 2. The third-order valence-corrected chi connectivity index (χ3v) is 8.72. The van der Waals surface area contributed by atoms with E-state index in [1.54, 1.807) is 14.2 Å². The van der Waals surface area contributed by atoms with Crippen molar-refractivity contribution in [3.63, 3.8) is 0 Å². The largest absolute Gasteiger partial charge is 0.494 e. The molecule has 1 saturated heterocycles. The summed E-state index contributed by atoms with van der Waals surface area (Å²) in [4.78, 5) is 0. The summed E-state index contributed by atoms with van der Waals surface area (Å²) in [5.41, 5.74) is 6.31. The van der Waals surface area contributed by atoms with Crippen LogP contribution in [0.2, 0.25) is 0 Å². The maximum Gasteiger partial charge on any atom is 0.199 e. The van der Waals surface area contributed by atoms with E-state index >= 15 is 0 Å². The van der Waals surface area contributed by atoms with Gasteiger partial charge in [-0.25, -0.2) is 0 Å². The Labute approximate surface area is 271 Å². The first kappa shape index (κ1) is 34.7. The van der Waals surface area contributed by atoms with Crippen LogP contribution in [-0.2, 0) is 14.2 Å². The van der Waals surface area contributed by atoms with E-state index in [1.807, 2.05) is 0 Å². The average Bonchev–Trinajstić information content (AvgIpc) is 3.04. The van der Waals surface area contributed by atoms with Crippen LogP contribution < -0.4 is 9.47 Å². The van der Waals surface area contributed by atoms with Crippen LogP contribution in [0.4, 0.5) is 0 Å². The number of rotatable bonds is 16. The molecular weight excluding hydrogens is 560 g/mol. The molecule has 0 amide bonds. The summed E-state index contributed by atoms with van der Waals surface area (Å²) in [6.07, 6.45) is 6.64. The van der Waals surface area contributed by atoms with Crippen LogP contribution in [0.25, 0.3) is 11.1 Å². The molecule has 1 heterocycles. The Balaban J connectivity index is 1.48. The van der Waals surface area contributed by atoms with Crippen LogP contribution in [0, 0.1) is 10.8 Å². The normalized spacial score (nSPS) is 16.4. The van der Waals surface area contributed by atoms with Crippen LogP contribution in [0.3, 0.4) is 0 Å². The summed E-state index contributed by atoms with van der Waals surface area (Å²) in [5.74, 6) is 1.73. The van der Waals surface area contributed by atoms with E-state index < -0.39 is 0 Å². The van der Waals surface area contributed by atoms with Gasteiger partial charge in [0.1, 0.15) is 11.5 Å². The Bertz CT molecular complexity index is 1320. The van der Waals surface area contributed by atoms with E-state index in [4.69, 9.17) is 23.7 Å². The number of benzene rings is 3. The molecule has 1 aliphatic heterocycles. The van der Waals surface area contributed by atoms with Gasteiger partial charge in [0.15, 0.2) is 12.6 Å². The molecule has 1 aliphatic rings. The summed E-state index contributed by atoms with van der Waals surface area (Å²) in [5, 5.41) is 0. The zero-order valence-electron chi connectivity index (χ0n) is 28.6. The summed E-state index contributed by atoms with van der Waals surface area (Å²) in [6.45, 7) is 12.9. The summed E-state index contributed by atoms with van der Waals surface area (Å²) in [6, 6.07) is 27.7. The second-order valence-corrected chi connectivity index (χ2v) is 13.7. The molecule has 0 aromatic heterocycles. The Kier molecular flexibility index (Phi) is 12.7. The average molecular weight is 615 g/mol. The molecule has 45 heavy (non-hydrogen) atoms. The summed E-state index contributed by atoms with van der Waals surface area (Å²) >= 11 is 0. The van der Waals surface area contributed by atoms with Gasteiger partial charge in [-0.05, 0) is 95.0 Å². The molecule has 1 fully saturated rings. The van der Waals surface area contributed by atoms with Gasteiger partial charge in [-0.2, -0.15) is 0 Å². The molecule has 5 nitrogen and oxygen atoms in total. The lowest BCUT2D eigenvalue weighted by Crippen LogP contribution is -2.29. The molecule has 0 bridgehead atoms. The van der Waals surface area contributed by atoms with Crippen molar-refractivity contribution in [3.05, 3.63) is 95.6 Å². The van der Waals surface area contributed by atoms with Crippen molar-refractivity contribution in [1.82, 2.24) is 0 Å². The monoisotopic (exact) mass is 614 g/mol. The van der Waals surface area contributed by atoms with Crippen molar-refractivity contribution in [2.45, 2.75) is 92.1 Å². The molecule has 5 heteroatoms. The van der Waals surface area contributed by atoms with Gasteiger partial charge in [0.05, 0.1) is 13.2 Å². The highest BCUT2D eigenvalue weighted by molar-refractivity contribution is 5.98. The quantitative estimate of drug-likeness (QED) is 0.119. The Hall–Kier alpha value is -3.12. The molecule has 3 aromatic rings. The summed E-state index contributed by atoms with van der Waals surface area (Å²) < 4.78 is 29.1. The third kappa shape index (κ3) is 10.5. The number of allylic oxidation sites excluding steroid dienone is 1. The molecular formula is C40H54O5. The SMILES string of the molecule is CC/C(=C(/c1ccc(OCCC(C)(C)CC(C)(C)CC(OC)OC)cc1)c1ccc(OC2CCCCO2)cc1)c1ccccc1. The van der Waals surface area contributed by atoms with E-state index in [2.05, 4.69) is 113 Å². The van der Waals surface area contributed by atoms with E-state index in [-0.39, 0.29) is 23.4 Å². The van der Waals surface area contributed by atoms with Gasteiger partial charge in [-0.3, -0.25) is 0 Å². The topological polar surface area (TPSA) is 46.2 Å². The van der Waals surface area contributed by atoms with Crippen molar-refractivity contribution < 1.29 is 23.7 Å². The number of hydrogen-bond donors (Lipinski definition) is 0. The fraction of sp³-hybridized carbons (Fsp3) is 0.500. The Morgan fingerprint density at radius 2 is 1.40 bits per heavy atom. The van der Waals surface area contributed by atoms with Gasteiger partial charge < -0.3 is 23.7 Å². The predicted molar refractivity (Wildman–Crippen MR) is 184 cm³/mol. The highest BCUT2D eigenvalue weighted by atomic mass is 16.7. The lowest BCUT2D eigenvalue weighted by Gasteiger charge is -2.36. The van der Waals surface area contributed by atoms with E-state index in [0.717, 1.165) is 68.6 Å². The minimum atomic E-state index is -0.179. The smallest absolute Gasteiger partial charge is 0.199 e. The van der Waals surface area contributed by atoms with E-state index in [0.29, 0.717) is 6.61 Å². The third-order valence-electron chi connectivity index (χ3n) is 8.72. The van der Waals surface area contributed by atoms with Crippen molar-refractivity contribution in [1.29, 1.82) is 0 Å². The fourth-order valence-corrected chi connectivity index (χ4v) is 6.67. The maximum atomic E-state index is 6.29. The van der Waals surface area contributed by atoms with Gasteiger partial charge in [-0.1, -0.05) is 89.2 Å². The molecule has 244 valence electrons.